The number of hydrogen-bond acceptors (Lipinski definition) is 4. The largest absolute Gasteiger partial charge is 0.508 e. The first-order chi connectivity index (χ1) is 14.1. The number of carbonyl (C=O) groups is 1. The summed E-state index contributed by atoms with van der Waals surface area (Å²) in [6, 6.07) is 8.37. The molecule has 1 aromatic rings. The molecule has 164 valence electrons. The molecule has 4 heteroatoms. The Balaban J connectivity index is 1.66. The van der Waals surface area contributed by atoms with Crippen molar-refractivity contribution in [3.05, 3.63) is 35.4 Å². The van der Waals surface area contributed by atoms with Crippen molar-refractivity contribution >= 4 is 6.16 Å². The second kappa shape index (κ2) is 12.9. The molecule has 0 radical (unpaired) electrons. The Bertz CT molecular complexity index is 573. The molecule has 0 aliphatic heterocycles. The van der Waals surface area contributed by atoms with E-state index in [1.807, 2.05) is 0 Å². The van der Waals surface area contributed by atoms with E-state index < -0.39 is 11.8 Å². The van der Waals surface area contributed by atoms with Crippen molar-refractivity contribution in [2.75, 3.05) is 6.61 Å². The molecule has 2 rings (SSSR count). The summed E-state index contributed by atoms with van der Waals surface area (Å²) in [7, 11) is 0. The maximum atomic E-state index is 11.9. The number of benzene rings is 1. The smallest absolute Gasteiger partial charge is 0.434 e. The van der Waals surface area contributed by atoms with E-state index in [2.05, 4.69) is 38.1 Å². The van der Waals surface area contributed by atoms with Crippen molar-refractivity contribution in [1.29, 1.82) is 0 Å². The fourth-order valence-corrected chi connectivity index (χ4v) is 4.05. The minimum atomic E-state index is -0.814. The lowest BCUT2D eigenvalue weighted by molar-refractivity contribution is -0.0538. The number of rotatable bonds is 12. The first-order valence-electron chi connectivity index (χ1n) is 11.7. The normalized spacial score (nSPS) is 21.7. The Morgan fingerprint density at radius 2 is 1.59 bits per heavy atom. The number of unbranched alkanes of at least 4 members (excludes halogenated alkanes) is 6. The predicted octanol–water partition coefficient (Wildman–Crippen LogP) is 6.67. The van der Waals surface area contributed by atoms with Gasteiger partial charge in [0.2, 0.25) is 0 Å². The zero-order valence-corrected chi connectivity index (χ0v) is 18.5. The molecule has 0 bridgehead atoms. The van der Waals surface area contributed by atoms with Gasteiger partial charge in [0.05, 0.1) is 12.2 Å². The van der Waals surface area contributed by atoms with E-state index in [1.54, 1.807) is 0 Å². The fourth-order valence-electron chi connectivity index (χ4n) is 4.05. The number of aliphatic hydroxyl groups is 1. The molecule has 1 saturated carbocycles. The minimum absolute atomic E-state index is 0.156. The molecule has 0 unspecified atom stereocenters. The van der Waals surface area contributed by atoms with Crippen LogP contribution in [-0.2, 0) is 21.5 Å². The van der Waals surface area contributed by atoms with E-state index in [0.29, 0.717) is 32.3 Å². The number of carbonyl (C=O) groups excluding carboxylic acids is 1. The van der Waals surface area contributed by atoms with Gasteiger partial charge in [0.25, 0.3) is 0 Å². The maximum absolute atomic E-state index is 11.9. The molecule has 1 aromatic carbocycles. The number of hydrogen-bond donors (Lipinski definition) is 1. The summed E-state index contributed by atoms with van der Waals surface area (Å²) in [5.41, 5.74) is 1.48. The predicted molar refractivity (Wildman–Crippen MR) is 117 cm³/mol. The Morgan fingerprint density at radius 1 is 0.966 bits per heavy atom. The molecular formula is C25H40O4. The summed E-state index contributed by atoms with van der Waals surface area (Å²) in [6.07, 6.45) is 12.3. The molecule has 1 aliphatic carbocycles. The Labute approximate surface area is 177 Å². The lowest BCUT2D eigenvalue weighted by atomic mass is 9.78. The summed E-state index contributed by atoms with van der Waals surface area (Å²) in [4.78, 5) is 11.9. The molecule has 29 heavy (non-hydrogen) atoms. The van der Waals surface area contributed by atoms with Gasteiger partial charge >= 0.3 is 6.16 Å². The third-order valence-corrected chi connectivity index (χ3v) is 6.05. The molecule has 0 heterocycles. The van der Waals surface area contributed by atoms with Gasteiger partial charge in [0.15, 0.2) is 0 Å². The van der Waals surface area contributed by atoms with Gasteiger partial charge in [-0.05, 0) is 56.1 Å². The quantitative estimate of drug-likeness (QED) is 0.312. The van der Waals surface area contributed by atoms with Crippen LogP contribution in [0.1, 0.15) is 102 Å². The van der Waals surface area contributed by atoms with Crippen LogP contribution in [0.2, 0.25) is 0 Å². The lowest BCUT2D eigenvalue weighted by Crippen LogP contribution is -2.35. The molecule has 0 saturated heterocycles. The van der Waals surface area contributed by atoms with Crippen LogP contribution < -0.4 is 0 Å². The van der Waals surface area contributed by atoms with Gasteiger partial charge in [-0.25, -0.2) is 4.79 Å². The molecular weight excluding hydrogens is 364 g/mol. The second-order valence-corrected chi connectivity index (χ2v) is 8.52. The Morgan fingerprint density at radius 3 is 2.24 bits per heavy atom. The van der Waals surface area contributed by atoms with Gasteiger partial charge in [0.1, 0.15) is 6.10 Å². The average molecular weight is 405 g/mol. The molecule has 1 fully saturated rings. The highest BCUT2D eigenvalue weighted by atomic mass is 16.7. The van der Waals surface area contributed by atoms with Gasteiger partial charge in [-0.2, -0.15) is 0 Å². The molecule has 0 amide bonds. The second-order valence-electron chi connectivity index (χ2n) is 8.52. The standard InChI is InChI=1S/C25H40O4/c1-3-5-7-8-9-10-20-28-24(26)29-23-16-18-25(27,19-17-23)22-14-12-21(13-15-22)11-6-4-2/h12-15,23,27H,3-11,16-20H2,1-2H3. The summed E-state index contributed by atoms with van der Waals surface area (Å²) < 4.78 is 10.7. The van der Waals surface area contributed by atoms with Gasteiger partial charge in [-0.1, -0.05) is 76.6 Å². The van der Waals surface area contributed by atoms with Crippen LogP contribution >= 0.6 is 0 Å². The topological polar surface area (TPSA) is 55.8 Å². The van der Waals surface area contributed by atoms with Gasteiger partial charge in [-0.3, -0.25) is 0 Å². The number of ether oxygens (including phenoxy) is 2. The average Bonchev–Trinajstić information content (AvgIpc) is 2.74. The van der Waals surface area contributed by atoms with Crippen LogP contribution in [0.3, 0.4) is 0 Å². The SMILES string of the molecule is CCCCCCCCOC(=O)OC1CCC(O)(c2ccc(CCCC)cc2)CC1. The van der Waals surface area contributed by atoms with E-state index in [1.165, 1.54) is 44.1 Å². The summed E-state index contributed by atoms with van der Waals surface area (Å²) >= 11 is 0. The van der Waals surface area contributed by atoms with Crippen molar-refractivity contribution in [2.24, 2.45) is 0 Å². The van der Waals surface area contributed by atoms with Crippen molar-refractivity contribution in [1.82, 2.24) is 0 Å². The van der Waals surface area contributed by atoms with Crippen LogP contribution in [0.5, 0.6) is 0 Å². The third kappa shape index (κ3) is 8.38. The first-order valence-corrected chi connectivity index (χ1v) is 11.7. The lowest BCUT2D eigenvalue weighted by Gasteiger charge is -2.36. The highest BCUT2D eigenvalue weighted by Gasteiger charge is 2.36. The van der Waals surface area contributed by atoms with Crippen LogP contribution in [0.25, 0.3) is 0 Å². The zero-order chi connectivity index (χ0) is 21.0. The van der Waals surface area contributed by atoms with Gasteiger partial charge in [0, 0.05) is 0 Å². The minimum Gasteiger partial charge on any atom is -0.434 e. The zero-order valence-electron chi connectivity index (χ0n) is 18.5. The molecule has 0 atom stereocenters. The van der Waals surface area contributed by atoms with E-state index in [-0.39, 0.29) is 6.10 Å². The maximum Gasteiger partial charge on any atom is 0.508 e. The highest BCUT2D eigenvalue weighted by molar-refractivity contribution is 5.60. The van der Waals surface area contributed by atoms with Crippen molar-refractivity contribution in [2.45, 2.75) is 109 Å². The van der Waals surface area contributed by atoms with Crippen LogP contribution in [0, 0.1) is 0 Å². The van der Waals surface area contributed by atoms with E-state index in [9.17, 15) is 9.90 Å². The number of aryl methyl sites for hydroxylation is 1. The van der Waals surface area contributed by atoms with Gasteiger partial charge in [-0.15, -0.1) is 0 Å². The van der Waals surface area contributed by atoms with Gasteiger partial charge < -0.3 is 14.6 Å². The molecule has 0 aromatic heterocycles. The van der Waals surface area contributed by atoms with Crippen molar-refractivity contribution in [3.8, 4) is 0 Å². The van der Waals surface area contributed by atoms with E-state index in [4.69, 9.17) is 9.47 Å². The van der Waals surface area contributed by atoms with Crippen LogP contribution in [-0.4, -0.2) is 24.0 Å². The molecule has 0 spiro atoms. The Hall–Kier alpha value is -1.55. The first kappa shape index (κ1) is 23.7. The van der Waals surface area contributed by atoms with E-state index >= 15 is 0 Å². The van der Waals surface area contributed by atoms with E-state index in [0.717, 1.165) is 24.8 Å². The van der Waals surface area contributed by atoms with Crippen LogP contribution in [0.4, 0.5) is 4.79 Å². The van der Waals surface area contributed by atoms with Crippen molar-refractivity contribution in [3.63, 3.8) is 0 Å². The third-order valence-electron chi connectivity index (χ3n) is 6.05. The Kier molecular flexibility index (Phi) is 10.5. The fraction of sp³-hybridized carbons (Fsp3) is 0.720. The highest BCUT2D eigenvalue weighted by Crippen LogP contribution is 2.38. The summed E-state index contributed by atoms with van der Waals surface area (Å²) in [6.45, 7) is 4.84. The molecule has 1 aliphatic rings. The molecule has 4 nitrogen and oxygen atoms in total. The monoisotopic (exact) mass is 404 g/mol. The summed E-state index contributed by atoms with van der Waals surface area (Å²) in [5, 5.41) is 11.1. The van der Waals surface area contributed by atoms with Crippen molar-refractivity contribution < 1.29 is 19.4 Å². The van der Waals surface area contributed by atoms with Crippen LogP contribution in [0.15, 0.2) is 24.3 Å². The summed E-state index contributed by atoms with van der Waals surface area (Å²) in [5.74, 6) is 0. The molecule has 1 N–H and O–H groups in total.